The molecule has 0 aliphatic rings. The highest BCUT2D eigenvalue weighted by atomic mass is 32.1. The van der Waals surface area contributed by atoms with E-state index in [1.165, 1.54) is 46.6 Å². The van der Waals surface area contributed by atoms with Gasteiger partial charge in [0.1, 0.15) is 17.8 Å². The lowest BCUT2D eigenvalue weighted by molar-refractivity contribution is -0.274. The van der Waals surface area contributed by atoms with Gasteiger partial charge < -0.3 is 14.8 Å². The van der Waals surface area contributed by atoms with Gasteiger partial charge in [-0.05, 0) is 66.1 Å². The van der Waals surface area contributed by atoms with Crippen molar-refractivity contribution in [3.8, 4) is 34.3 Å². The molecule has 48 heavy (non-hydrogen) atoms. The molecular weight excluding hydrogens is 641 g/mol. The summed E-state index contributed by atoms with van der Waals surface area (Å²) in [5, 5.41) is 9.44. The maximum atomic E-state index is 13.0. The van der Waals surface area contributed by atoms with Crippen LogP contribution < -0.4 is 19.6 Å². The maximum Gasteiger partial charge on any atom is 0.573 e. The fraction of sp³-hybridized carbons (Fsp3) is 0.314. The molecule has 9 nitrogen and oxygen atoms in total. The molecule has 2 heterocycles. The molecule has 0 aliphatic heterocycles. The van der Waals surface area contributed by atoms with Crippen LogP contribution in [0.15, 0.2) is 83.4 Å². The molecule has 13 heteroatoms. The molecule has 0 unspecified atom stereocenters. The highest BCUT2D eigenvalue weighted by Crippen LogP contribution is 2.29. The lowest BCUT2D eigenvalue weighted by atomic mass is 9.85. The lowest BCUT2D eigenvalue weighted by Gasteiger charge is -2.24. The highest BCUT2D eigenvalue weighted by Gasteiger charge is 2.31. The number of carbonyl (C=O) groups is 1. The molecule has 5 rings (SSSR count). The van der Waals surface area contributed by atoms with Crippen molar-refractivity contribution < 1.29 is 27.4 Å². The molecule has 0 bridgehead atoms. The number of carbonyl (C=O) groups excluding carboxylic acids is 1. The van der Waals surface area contributed by atoms with E-state index in [1.54, 1.807) is 7.11 Å². The molecular formula is C35H37F3N6O3S. The number of thiazole rings is 1. The Labute approximate surface area is 280 Å². The van der Waals surface area contributed by atoms with Gasteiger partial charge in [-0.15, -0.1) is 29.6 Å². The van der Waals surface area contributed by atoms with Crippen LogP contribution in [0.4, 0.5) is 18.0 Å². The van der Waals surface area contributed by atoms with Crippen molar-refractivity contribution in [2.75, 3.05) is 13.7 Å². The van der Waals surface area contributed by atoms with E-state index in [0.29, 0.717) is 29.3 Å². The van der Waals surface area contributed by atoms with E-state index < -0.39 is 12.4 Å². The summed E-state index contributed by atoms with van der Waals surface area (Å²) in [4.78, 5) is 22.4. The van der Waals surface area contributed by atoms with Crippen LogP contribution >= 0.6 is 11.3 Å². The summed E-state index contributed by atoms with van der Waals surface area (Å²) < 4.78 is 50.2. The molecule has 0 atom stereocenters. The molecule has 0 saturated heterocycles. The average molecular weight is 679 g/mol. The number of aryl methyl sites for hydroxylation is 1. The monoisotopic (exact) mass is 678 g/mol. The smallest absolute Gasteiger partial charge is 0.497 e. The summed E-state index contributed by atoms with van der Waals surface area (Å²) in [6.45, 7) is 10.8. The predicted molar refractivity (Wildman–Crippen MR) is 179 cm³/mol. The second-order valence-corrected chi connectivity index (χ2v) is 13.3. The van der Waals surface area contributed by atoms with Gasteiger partial charge in [-0.1, -0.05) is 58.0 Å². The molecule has 0 saturated carbocycles. The van der Waals surface area contributed by atoms with Crippen LogP contribution in [-0.4, -0.2) is 45.4 Å². The maximum absolute atomic E-state index is 13.0. The first-order valence-corrected chi connectivity index (χ1v) is 16.1. The van der Waals surface area contributed by atoms with Crippen molar-refractivity contribution in [3.63, 3.8) is 0 Å². The number of hydrogen-bond donors (Lipinski definition) is 1. The second-order valence-electron chi connectivity index (χ2n) is 12.4. The largest absolute Gasteiger partial charge is 0.573 e. The summed E-state index contributed by atoms with van der Waals surface area (Å²) in [5.74, 6) is 1.16. The van der Waals surface area contributed by atoms with Crippen molar-refractivity contribution in [2.24, 2.45) is 10.4 Å². The van der Waals surface area contributed by atoms with Crippen LogP contribution in [0.2, 0.25) is 0 Å². The number of nitrogens with zero attached hydrogens (tertiary/aromatic N) is 5. The number of methoxy groups -OCH3 is 1. The molecule has 0 spiro atoms. The number of benzene rings is 3. The van der Waals surface area contributed by atoms with Crippen LogP contribution in [0.5, 0.6) is 11.5 Å². The number of amides is 2. The molecule has 2 amide bonds. The second kappa shape index (κ2) is 14.1. The number of urea groups is 1. The zero-order valence-electron chi connectivity index (χ0n) is 27.5. The van der Waals surface area contributed by atoms with E-state index in [9.17, 15) is 18.0 Å². The first-order chi connectivity index (χ1) is 22.7. The van der Waals surface area contributed by atoms with Crippen molar-refractivity contribution >= 4 is 17.4 Å². The minimum absolute atomic E-state index is 0.263. The van der Waals surface area contributed by atoms with Crippen molar-refractivity contribution in [3.05, 3.63) is 100 Å². The predicted octanol–water partition coefficient (Wildman–Crippen LogP) is 8.00. The zero-order chi connectivity index (χ0) is 34.6. The normalized spacial score (nSPS) is 12.4. The molecule has 0 radical (unpaired) electrons. The third-order valence-electron chi connectivity index (χ3n) is 7.62. The number of hydrogen-bond acceptors (Lipinski definition) is 6. The Bertz CT molecular complexity index is 1940. The molecule has 2 aromatic heterocycles. The van der Waals surface area contributed by atoms with Gasteiger partial charge in [0.25, 0.3) is 0 Å². The van der Waals surface area contributed by atoms with Crippen molar-refractivity contribution in [1.29, 1.82) is 0 Å². The Balaban J connectivity index is 1.22. The van der Waals surface area contributed by atoms with Gasteiger partial charge in [0.2, 0.25) is 0 Å². The summed E-state index contributed by atoms with van der Waals surface area (Å²) in [7, 11) is 1.63. The van der Waals surface area contributed by atoms with Crippen LogP contribution in [0.25, 0.3) is 22.8 Å². The number of rotatable bonds is 10. The Morgan fingerprint density at radius 2 is 1.71 bits per heavy atom. The first-order valence-electron chi connectivity index (χ1n) is 15.3. The SMILES string of the molecule is COc1ccc(C(C)C)c(-n2c(C)csc2=NC(=O)NCC(C)(C)Cc2ccc(-c3ncn(-c4ccc(OC(F)(F)F)cc4)n3)cc2)c1. The van der Waals surface area contributed by atoms with Gasteiger partial charge >= 0.3 is 12.4 Å². The average Bonchev–Trinajstić information content (AvgIpc) is 3.66. The number of alkyl halides is 3. The van der Waals surface area contributed by atoms with Crippen LogP contribution in [-0.2, 0) is 6.42 Å². The topological polar surface area (TPSA) is 95.6 Å². The first kappa shape index (κ1) is 34.4. The summed E-state index contributed by atoms with van der Waals surface area (Å²) >= 11 is 1.41. The summed E-state index contributed by atoms with van der Waals surface area (Å²) in [6, 6.07) is 18.8. The Hall–Kier alpha value is -4.91. The minimum Gasteiger partial charge on any atom is -0.497 e. The van der Waals surface area contributed by atoms with Crippen molar-refractivity contribution in [1.82, 2.24) is 24.6 Å². The van der Waals surface area contributed by atoms with E-state index in [1.807, 2.05) is 59.3 Å². The molecule has 3 aromatic carbocycles. The Kier molecular flexibility index (Phi) is 10.1. The molecule has 0 fully saturated rings. The van der Waals surface area contributed by atoms with Gasteiger partial charge in [-0.25, -0.2) is 14.5 Å². The van der Waals surface area contributed by atoms with E-state index >= 15 is 0 Å². The Morgan fingerprint density at radius 3 is 2.35 bits per heavy atom. The minimum atomic E-state index is -4.75. The third-order valence-corrected chi connectivity index (χ3v) is 8.56. The van der Waals surface area contributed by atoms with Crippen LogP contribution in [0, 0.1) is 12.3 Å². The Morgan fingerprint density at radius 1 is 1.02 bits per heavy atom. The van der Waals surface area contributed by atoms with Gasteiger partial charge in [-0.3, -0.25) is 4.57 Å². The van der Waals surface area contributed by atoms with E-state index in [2.05, 4.69) is 52.8 Å². The number of nitrogens with one attached hydrogen (secondary N) is 1. The van der Waals surface area contributed by atoms with Crippen LogP contribution in [0.1, 0.15) is 50.4 Å². The van der Waals surface area contributed by atoms with Gasteiger partial charge in [0.05, 0.1) is 18.5 Å². The zero-order valence-corrected chi connectivity index (χ0v) is 28.3. The highest BCUT2D eigenvalue weighted by molar-refractivity contribution is 7.07. The van der Waals surface area contributed by atoms with E-state index in [-0.39, 0.29) is 17.1 Å². The van der Waals surface area contributed by atoms with Crippen molar-refractivity contribution in [2.45, 2.75) is 53.3 Å². The van der Waals surface area contributed by atoms with Gasteiger partial charge in [0.15, 0.2) is 10.6 Å². The molecule has 1 N–H and O–H groups in total. The fourth-order valence-electron chi connectivity index (χ4n) is 5.24. The molecule has 5 aromatic rings. The van der Waals surface area contributed by atoms with E-state index in [4.69, 9.17) is 4.74 Å². The number of halogens is 3. The van der Waals surface area contributed by atoms with Gasteiger partial charge in [-0.2, -0.15) is 4.99 Å². The molecule has 252 valence electrons. The number of aromatic nitrogens is 4. The standard InChI is InChI=1S/C35H37F3N6O3S/c1-22(2)29-16-15-28(46-6)17-30(29)44-23(3)19-48-33(44)41-32(45)39-20-34(4,5)18-24-7-9-25(10-8-24)31-40-21-43(42-31)26-11-13-27(14-12-26)47-35(36,37)38/h7-17,19,21-22H,18,20H2,1-6H3,(H,39,45). The van der Waals surface area contributed by atoms with Gasteiger partial charge in [0, 0.05) is 29.2 Å². The quantitative estimate of drug-likeness (QED) is 0.162. The van der Waals surface area contributed by atoms with Crippen LogP contribution in [0.3, 0.4) is 0 Å². The lowest BCUT2D eigenvalue weighted by Crippen LogP contribution is -2.35. The summed E-state index contributed by atoms with van der Waals surface area (Å²) in [5.41, 5.74) is 5.17. The third kappa shape index (κ3) is 8.51. The number of ether oxygens (including phenoxy) is 2. The molecule has 0 aliphatic carbocycles. The summed E-state index contributed by atoms with van der Waals surface area (Å²) in [6.07, 6.45) is -2.56. The fourth-order valence-corrected chi connectivity index (χ4v) is 6.11. The van der Waals surface area contributed by atoms with E-state index in [0.717, 1.165) is 33.8 Å².